The number of anilines is 3. The predicted molar refractivity (Wildman–Crippen MR) is 196 cm³/mol. The standard InChI is InChI=1S/C44H39NO3/c1-3-5-6-34(4-2)33-48-44-29-27-43(28-30-44)45(41-23-19-37(20-24-41)9-7-35-11-15-39(31-46)16-12-35)42-25-21-38(22-26-42)10-8-36-13-17-40(32-47)18-14-36/h11-32,34H,3-6,33H2,1-2H3. The molecule has 0 amide bonds. The molecule has 238 valence electrons. The zero-order valence-electron chi connectivity index (χ0n) is 27.5. The van der Waals surface area contributed by atoms with Crippen molar-refractivity contribution in [3.05, 3.63) is 155 Å². The highest BCUT2D eigenvalue weighted by Gasteiger charge is 2.13. The van der Waals surface area contributed by atoms with Gasteiger partial charge in [0.1, 0.15) is 18.3 Å². The molecule has 0 aliphatic heterocycles. The Morgan fingerprint density at radius 2 is 0.938 bits per heavy atom. The summed E-state index contributed by atoms with van der Waals surface area (Å²) in [5.74, 6) is 14.2. The lowest BCUT2D eigenvalue weighted by Crippen LogP contribution is -2.12. The molecule has 4 nitrogen and oxygen atoms in total. The first-order chi connectivity index (χ1) is 23.6. The highest BCUT2D eigenvalue weighted by molar-refractivity contribution is 5.78. The highest BCUT2D eigenvalue weighted by atomic mass is 16.5. The molecule has 0 radical (unpaired) electrons. The van der Waals surface area contributed by atoms with Crippen molar-refractivity contribution in [3.8, 4) is 29.4 Å². The second kappa shape index (κ2) is 17.2. The maximum Gasteiger partial charge on any atom is 0.150 e. The Bertz CT molecular complexity index is 1790. The van der Waals surface area contributed by atoms with Gasteiger partial charge in [-0.2, -0.15) is 0 Å². The zero-order chi connectivity index (χ0) is 33.6. The first kappa shape index (κ1) is 33.5. The molecule has 0 aliphatic carbocycles. The predicted octanol–water partition coefficient (Wildman–Crippen LogP) is 10.2. The molecule has 0 spiro atoms. The molecule has 5 rings (SSSR count). The normalized spacial score (nSPS) is 10.9. The van der Waals surface area contributed by atoms with E-state index in [1.165, 1.54) is 19.3 Å². The minimum Gasteiger partial charge on any atom is -0.493 e. The number of ether oxygens (including phenoxy) is 1. The summed E-state index contributed by atoms with van der Waals surface area (Å²) < 4.78 is 6.20. The van der Waals surface area contributed by atoms with Gasteiger partial charge in [-0.25, -0.2) is 0 Å². The van der Waals surface area contributed by atoms with Crippen molar-refractivity contribution < 1.29 is 14.3 Å². The fraction of sp³-hybridized carbons (Fsp3) is 0.182. The molecule has 0 aromatic heterocycles. The molecular weight excluding hydrogens is 590 g/mol. The van der Waals surface area contributed by atoms with E-state index in [2.05, 4.69) is 78.8 Å². The van der Waals surface area contributed by atoms with Crippen LogP contribution in [0.4, 0.5) is 17.1 Å². The lowest BCUT2D eigenvalue weighted by Gasteiger charge is -2.26. The Morgan fingerprint density at radius 3 is 1.29 bits per heavy atom. The molecule has 0 saturated carbocycles. The van der Waals surface area contributed by atoms with E-state index in [1.807, 2.05) is 60.7 Å². The molecule has 48 heavy (non-hydrogen) atoms. The van der Waals surface area contributed by atoms with E-state index in [0.29, 0.717) is 17.0 Å². The van der Waals surface area contributed by atoms with Crippen molar-refractivity contribution >= 4 is 29.6 Å². The van der Waals surface area contributed by atoms with Gasteiger partial charge in [0.2, 0.25) is 0 Å². The second-order valence-corrected chi connectivity index (χ2v) is 11.6. The van der Waals surface area contributed by atoms with Crippen LogP contribution in [-0.4, -0.2) is 19.2 Å². The van der Waals surface area contributed by atoms with Crippen LogP contribution in [0.3, 0.4) is 0 Å². The number of rotatable bonds is 12. The van der Waals surface area contributed by atoms with Crippen LogP contribution in [0.2, 0.25) is 0 Å². The zero-order valence-corrected chi connectivity index (χ0v) is 27.5. The summed E-state index contributed by atoms with van der Waals surface area (Å²) in [6.07, 6.45) is 6.40. The van der Waals surface area contributed by atoms with Crippen molar-refractivity contribution in [1.82, 2.24) is 0 Å². The molecule has 0 N–H and O–H groups in total. The number of nitrogens with zero attached hydrogens (tertiary/aromatic N) is 1. The number of hydrogen-bond donors (Lipinski definition) is 0. The Balaban J connectivity index is 1.39. The van der Waals surface area contributed by atoms with E-state index in [-0.39, 0.29) is 0 Å². The topological polar surface area (TPSA) is 46.6 Å². The van der Waals surface area contributed by atoms with Crippen LogP contribution >= 0.6 is 0 Å². The van der Waals surface area contributed by atoms with Gasteiger partial charge in [-0.05, 0) is 109 Å². The van der Waals surface area contributed by atoms with Crippen LogP contribution in [0.25, 0.3) is 0 Å². The van der Waals surface area contributed by atoms with Crippen LogP contribution in [-0.2, 0) is 0 Å². The molecule has 0 fully saturated rings. The van der Waals surface area contributed by atoms with Gasteiger partial charge in [-0.3, -0.25) is 9.59 Å². The van der Waals surface area contributed by atoms with Gasteiger partial charge in [0, 0.05) is 50.4 Å². The Kier molecular flexibility index (Phi) is 12.0. The van der Waals surface area contributed by atoms with Gasteiger partial charge < -0.3 is 9.64 Å². The number of benzene rings is 5. The lowest BCUT2D eigenvalue weighted by molar-refractivity contribution is 0.111. The molecule has 5 aromatic rings. The van der Waals surface area contributed by atoms with E-state index in [0.717, 1.165) is 70.7 Å². The lowest BCUT2D eigenvalue weighted by atomic mass is 10.0. The van der Waals surface area contributed by atoms with E-state index < -0.39 is 0 Å². The summed E-state index contributed by atoms with van der Waals surface area (Å²) in [6, 6.07) is 39.1. The molecule has 4 heteroatoms. The van der Waals surface area contributed by atoms with E-state index in [4.69, 9.17) is 4.74 Å². The minimum absolute atomic E-state index is 0.566. The van der Waals surface area contributed by atoms with Gasteiger partial charge in [0.25, 0.3) is 0 Å². The molecular formula is C44H39NO3. The fourth-order valence-corrected chi connectivity index (χ4v) is 5.22. The van der Waals surface area contributed by atoms with Gasteiger partial charge in [0.15, 0.2) is 0 Å². The van der Waals surface area contributed by atoms with Gasteiger partial charge in [-0.1, -0.05) is 81.1 Å². The largest absolute Gasteiger partial charge is 0.493 e. The van der Waals surface area contributed by atoms with Crippen LogP contribution < -0.4 is 9.64 Å². The van der Waals surface area contributed by atoms with Gasteiger partial charge in [-0.15, -0.1) is 0 Å². The number of hydrogen-bond acceptors (Lipinski definition) is 4. The molecule has 0 saturated heterocycles. The van der Waals surface area contributed by atoms with Crippen LogP contribution in [0.15, 0.2) is 121 Å². The molecule has 0 aliphatic rings. The number of carbonyl (C=O) groups is 2. The van der Waals surface area contributed by atoms with Crippen molar-refractivity contribution in [1.29, 1.82) is 0 Å². The smallest absolute Gasteiger partial charge is 0.150 e. The summed E-state index contributed by atoms with van der Waals surface area (Å²) in [5.41, 5.74) is 7.73. The van der Waals surface area contributed by atoms with Crippen molar-refractivity contribution in [2.75, 3.05) is 11.5 Å². The molecule has 0 heterocycles. The third-order valence-corrected chi connectivity index (χ3v) is 8.17. The quantitative estimate of drug-likeness (QED) is 0.102. The third kappa shape index (κ3) is 9.35. The molecule has 5 aromatic carbocycles. The summed E-state index contributed by atoms with van der Waals surface area (Å²) in [6.45, 7) is 5.19. The number of unbranched alkanes of at least 4 members (excludes halogenated alkanes) is 1. The first-order valence-corrected chi connectivity index (χ1v) is 16.5. The second-order valence-electron chi connectivity index (χ2n) is 11.6. The van der Waals surface area contributed by atoms with Crippen molar-refractivity contribution in [2.24, 2.45) is 5.92 Å². The van der Waals surface area contributed by atoms with Gasteiger partial charge in [0.05, 0.1) is 6.61 Å². The number of carbonyl (C=O) groups excluding carboxylic acids is 2. The van der Waals surface area contributed by atoms with Crippen LogP contribution in [0, 0.1) is 29.6 Å². The average molecular weight is 630 g/mol. The maximum atomic E-state index is 11.0. The third-order valence-electron chi connectivity index (χ3n) is 8.17. The summed E-state index contributed by atoms with van der Waals surface area (Å²) >= 11 is 0. The van der Waals surface area contributed by atoms with Crippen LogP contribution in [0.5, 0.6) is 5.75 Å². The molecule has 1 unspecified atom stereocenters. The number of aldehydes is 2. The highest BCUT2D eigenvalue weighted by Crippen LogP contribution is 2.35. The van der Waals surface area contributed by atoms with Crippen molar-refractivity contribution in [3.63, 3.8) is 0 Å². The Labute approximate surface area is 284 Å². The van der Waals surface area contributed by atoms with Gasteiger partial charge >= 0.3 is 0 Å². The van der Waals surface area contributed by atoms with E-state index in [9.17, 15) is 9.59 Å². The first-order valence-electron chi connectivity index (χ1n) is 16.5. The summed E-state index contributed by atoms with van der Waals surface area (Å²) in [5, 5.41) is 0. The SMILES string of the molecule is CCCCC(CC)COc1ccc(N(c2ccc(C#Cc3ccc(C=O)cc3)cc2)c2ccc(C#Cc3ccc(C=O)cc3)cc2)cc1. The van der Waals surface area contributed by atoms with E-state index in [1.54, 1.807) is 24.3 Å². The minimum atomic E-state index is 0.566. The van der Waals surface area contributed by atoms with E-state index >= 15 is 0 Å². The maximum absolute atomic E-state index is 11.0. The van der Waals surface area contributed by atoms with Crippen LogP contribution in [0.1, 0.15) is 82.5 Å². The average Bonchev–Trinajstić information content (AvgIpc) is 3.15. The molecule has 1 atom stereocenters. The summed E-state index contributed by atoms with van der Waals surface area (Å²) in [4.78, 5) is 24.1. The summed E-state index contributed by atoms with van der Waals surface area (Å²) in [7, 11) is 0. The fourth-order valence-electron chi connectivity index (χ4n) is 5.22. The Morgan fingerprint density at radius 1 is 0.562 bits per heavy atom. The molecule has 0 bridgehead atoms. The monoisotopic (exact) mass is 629 g/mol. The Hall–Kier alpha value is -5.84. The van der Waals surface area contributed by atoms with Crippen molar-refractivity contribution in [2.45, 2.75) is 39.5 Å².